The number of aromatic nitrogens is 3. The molecule has 1 N–H and O–H groups in total. The Balaban J connectivity index is 1.42. The van der Waals surface area contributed by atoms with Crippen LogP contribution in [0.4, 0.5) is 0 Å². The number of rotatable bonds is 4. The predicted octanol–water partition coefficient (Wildman–Crippen LogP) is 1.96. The third-order valence-electron chi connectivity index (χ3n) is 5.29. The highest BCUT2D eigenvalue weighted by molar-refractivity contribution is 5.76. The van der Waals surface area contributed by atoms with Gasteiger partial charge >= 0.3 is 5.69 Å². The summed E-state index contributed by atoms with van der Waals surface area (Å²) in [5.41, 5.74) is 1.40. The minimum absolute atomic E-state index is 0.212. The monoisotopic (exact) mass is 350 g/mol. The lowest BCUT2D eigenvalue weighted by Crippen LogP contribution is -2.41. The van der Waals surface area contributed by atoms with Gasteiger partial charge in [0, 0.05) is 25.5 Å². The van der Waals surface area contributed by atoms with Gasteiger partial charge in [0.25, 0.3) is 5.56 Å². The van der Waals surface area contributed by atoms with Crippen LogP contribution in [0.3, 0.4) is 0 Å². The lowest BCUT2D eigenvalue weighted by atomic mass is 9.90. The number of pyridine rings is 1. The molecule has 1 saturated heterocycles. The summed E-state index contributed by atoms with van der Waals surface area (Å²) in [6, 6.07) is 11.3. The van der Waals surface area contributed by atoms with Crippen LogP contribution >= 0.6 is 0 Å². The highest BCUT2D eigenvalue weighted by Crippen LogP contribution is 2.27. The molecule has 1 aliphatic rings. The summed E-state index contributed by atoms with van der Waals surface area (Å²) in [6.45, 7) is 3.09. The van der Waals surface area contributed by atoms with Crippen molar-refractivity contribution in [1.82, 2.24) is 19.4 Å². The van der Waals surface area contributed by atoms with Crippen molar-refractivity contribution >= 4 is 10.9 Å². The van der Waals surface area contributed by atoms with Crippen molar-refractivity contribution in [2.75, 3.05) is 19.6 Å². The Morgan fingerprint density at radius 1 is 1.00 bits per heavy atom. The number of benzene rings is 1. The highest BCUT2D eigenvalue weighted by Gasteiger charge is 2.20. The van der Waals surface area contributed by atoms with E-state index in [2.05, 4.69) is 27.0 Å². The first-order valence-electron chi connectivity index (χ1n) is 9.06. The van der Waals surface area contributed by atoms with Gasteiger partial charge in [0.05, 0.1) is 10.9 Å². The van der Waals surface area contributed by atoms with Crippen LogP contribution in [0.15, 0.2) is 58.4 Å². The van der Waals surface area contributed by atoms with Gasteiger partial charge < -0.3 is 9.88 Å². The molecule has 0 unspecified atom stereocenters. The number of piperidine rings is 1. The quantitative estimate of drug-likeness (QED) is 0.781. The fourth-order valence-corrected chi connectivity index (χ4v) is 3.77. The number of nitrogens with one attached hydrogen (secondary N) is 1. The van der Waals surface area contributed by atoms with Gasteiger partial charge in [-0.15, -0.1) is 0 Å². The van der Waals surface area contributed by atoms with Crippen molar-refractivity contribution in [3.63, 3.8) is 0 Å². The Morgan fingerprint density at radius 2 is 1.73 bits per heavy atom. The Labute approximate surface area is 151 Å². The molecule has 3 aromatic rings. The summed E-state index contributed by atoms with van der Waals surface area (Å²) in [4.78, 5) is 34.0. The first-order valence-corrected chi connectivity index (χ1v) is 9.06. The van der Waals surface area contributed by atoms with Gasteiger partial charge in [-0.2, -0.15) is 0 Å². The highest BCUT2D eigenvalue weighted by atomic mass is 16.2. The van der Waals surface area contributed by atoms with Gasteiger partial charge in [0.1, 0.15) is 0 Å². The molecule has 0 radical (unpaired) electrons. The minimum Gasteiger partial charge on any atom is -0.307 e. The molecule has 0 aliphatic carbocycles. The number of para-hydroxylation sites is 1. The van der Waals surface area contributed by atoms with Crippen molar-refractivity contribution in [1.29, 1.82) is 0 Å². The van der Waals surface area contributed by atoms with Crippen LogP contribution in [0.25, 0.3) is 10.9 Å². The van der Waals surface area contributed by atoms with Crippen LogP contribution in [0.1, 0.15) is 24.3 Å². The maximum atomic E-state index is 12.6. The number of H-pyrrole nitrogens is 1. The molecule has 2 aromatic heterocycles. The molecule has 4 rings (SSSR count). The fraction of sp³-hybridized carbons (Fsp3) is 0.350. The second-order valence-electron chi connectivity index (χ2n) is 6.83. The Bertz CT molecular complexity index is 1000. The molecule has 134 valence electrons. The van der Waals surface area contributed by atoms with Crippen LogP contribution in [-0.2, 0) is 6.54 Å². The summed E-state index contributed by atoms with van der Waals surface area (Å²) in [5.74, 6) is 0.570. The van der Waals surface area contributed by atoms with Gasteiger partial charge in [-0.05, 0) is 61.7 Å². The topological polar surface area (TPSA) is 71.0 Å². The second kappa shape index (κ2) is 7.25. The normalized spacial score (nSPS) is 16.2. The third-order valence-corrected chi connectivity index (χ3v) is 5.29. The molecule has 6 nitrogen and oxygen atoms in total. The van der Waals surface area contributed by atoms with E-state index in [1.807, 2.05) is 24.5 Å². The van der Waals surface area contributed by atoms with E-state index < -0.39 is 0 Å². The fourth-order valence-electron chi connectivity index (χ4n) is 3.77. The molecule has 26 heavy (non-hydrogen) atoms. The van der Waals surface area contributed by atoms with Gasteiger partial charge in [-0.25, -0.2) is 4.79 Å². The van der Waals surface area contributed by atoms with Gasteiger partial charge in [0.15, 0.2) is 0 Å². The summed E-state index contributed by atoms with van der Waals surface area (Å²) in [7, 11) is 0. The van der Waals surface area contributed by atoms with E-state index in [4.69, 9.17) is 0 Å². The molecule has 0 saturated carbocycles. The van der Waals surface area contributed by atoms with Crippen molar-refractivity contribution in [2.24, 2.45) is 0 Å². The van der Waals surface area contributed by atoms with E-state index in [1.54, 1.807) is 12.1 Å². The van der Waals surface area contributed by atoms with Crippen LogP contribution < -0.4 is 11.2 Å². The summed E-state index contributed by atoms with van der Waals surface area (Å²) in [5, 5.41) is 0.559. The van der Waals surface area contributed by atoms with E-state index >= 15 is 0 Å². The molecule has 0 spiro atoms. The zero-order valence-electron chi connectivity index (χ0n) is 14.6. The Morgan fingerprint density at radius 3 is 2.50 bits per heavy atom. The zero-order chi connectivity index (χ0) is 17.9. The molecule has 1 aliphatic heterocycles. The van der Waals surface area contributed by atoms with Gasteiger partial charge in [0.2, 0.25) is 0 Å². The molecular formula is C20H22N4O2. The van der Waals surface area contributed by atoms with Crippen molar-refractivity contribution in [2.45, 2.75) is 25.3 Å². The van der Waals surface area contributed by atoms with Crippen LogP contribution in [0.5, 0.6) is 0 Å². The van der Waals surface area contributed by atoms with Crippen molar-refractivity contribution in [3.05, 3.63) is 75.2 Å². The number of aromatic amines is 1. The lowest BCUT2D eigenvalue weighted by molar-refractivity contribution is 0.204. The first kappa shape index (κ1) is 16.7. The molecular weight excluding hydrogens is 328 g/mol. The predicted molar refractivity (Wildman–Crippen MR) is 101 cm³/mol. The second-order valence-corrected chi connectivity index (χ2v) is 6.83. The number of hydrogen-bond acceptors (Lipinski definition) is 4. The van der Waals surface area contributed by atoms with E-state index in [0.717, 1.165) is 25.9 Å². The first-order chi connectivity index (χ1) is 12.7. The number of nitrogens with zero attached hydrogens (tertiary/aromatic N) is 3. The Kier molecular flexibility index (Phi) is 4.67. The average Bonchev–Trinajstić information content (AvgIpc) is 2.69. The van der Waals surface area contributed by atoms with E-state index in [0.29, 0.717) is 29.9 Å². The third kappa shape index (κ3) is 3.32. The zero-order valence-corrected chi connectivity index (χ0v) is 14.6. The number of hydrogen-bond donors (Lipinski definition) is 1. The number of likely N-dealkylation sites (tertiary alicyclic amines) is 1. The summed E-state index contributed by atoms with van der Waals surface area (Å²) >= 11 is 0. The molecule has 1 fully saturated rings. The lowest BCUT2D eigenvalue weighted by Gasteiger charge is -2.32. The van der Waals surface area contributed by atoms with E-state index in [1.165, 1.54) is 10.1 Å². The smallest absolute Gasteiger partial charge is 0.307 e. The molecule has 0 amide bonds. The van der Waals surface area contributed by atoms with E-state index in [9.17, 15) is 9.59 Å². The van der Waals surface area contributed by atoms with Crippen LogP contribution in [0, 0.1) is 0 Å². The summed E-state index contributed by atoms with van der Waals surface area (Å²) < 4.78 is 1.32. The molecule has 1 aromatic carbocycles. The van der Waals surface area contributed by atoms with Gasteiger partial charge in [-0.1, -0.05) is 12.1 Å². The van der Waals surface area contributed by atoms with Crippen LogP contribution in [-0.4, -0.2) is 39.1 Å². The van der Waals surface area contributed by atoms with Gasteiger partial charge in [-0.3, -0.25) is 14.3 Å². The summed E-state index contributed by atoms with van der Waals surface area (Å²) in [6.07, 6.45) is 5.88. The standard InChI is InChI=1S/C20H22N4O2/c25-19-17-3-1-2-4-18(17)22-20(26)24(19)14-13-23-11-7-16(8-12-23)15-5-9-21-10-6-15/h1-6,9-10,16H,7-8,11-14H2,(H,22,26). The largest absolute Gasteiger partial charge is 0.328 e. The molecule has 0 atom stereocenters. The Hall–Kier alpha value is -2.73. The van der Waals surface area contributed by atoms with E-state index in [-0.39, 0.29) is 11.2 Å². The minimum atomic E-state index is -0.333. The molecule has 3 heterocycles. The average molecular weight is 350 g/mol. The maximum absolute atomic E-state index is 12.6. The number of fused-ring (bicyclic) bond motifs is 1. The van der Waals surface area contributed by atoms with Crippen LogP contribution in [0.2, 0.25) is 0 Å². The van der Waals surface area contributed by atoms with Crippen molar-refractivity contribution < 1.29 is 0 Å². The maximum Gasteiger partial charge on any atom is 0.328 e. The molecule has 0 bridgehead atoms. The SMILES string of the molecule is O=c1[nH]c2ccccc2c(=O)n1CCN1CCC(c2ccncc2)CC1. The molecule has 6 heteroatoms. The van der Waals surface area contributed by atoms with Crippen molar-refractivity contribution in [3.8, 4) is 0 Å².